The number of hydrogen-bond acceptors (Lipinski definition) is 1. The van der Waals surface area contributed by atoms with Crippen molar-refractivity contribution in [2.24, 2.45) is 11.8 Å². The summed E-state index contributed by atoms with van der Waals surface area (Å²) in [5, 5.41) is 9.59. The van der Waals surface area contributed by atoms with E-state index in [0.29, 0.717) is 11.8 Å². The van der Waals surface area contributed by atoms with Crippen molar-refractivity contribution in [1.82, 2.24) is 0 Å². The molecule has 0 rings (SSSR count). The van der Waals surface area contributed by atoms with Gasteiger partial charge in [0.1, 0.15) is 0 Å². The zero-order chi connectivity index (χ0) is 10.4. The Balaban J connectivity index is 3.70. The maximum atomic E-state index is 9.59. The molecule has 78 valence electrons. The molecule has 0 saturated carbocycles. The van der Waals surface area contributed by atoms with Gasteiger partial charge in [0.15, 0.2) is 0 Å². The second-order valence-electron chi connectivity index (χ2n) is 4.61. The summed E-state index contributed by atoms with van der Waals surface area (Å²) in [6.07, 6.45) is 4.15. The van der Waals surface area contributed by atoms with Crippen molar-refractivity contribution >= 4 is 0 Å². The summed E-state index contributed by atoms with van der Waals surface area (Å²) in [7, 11) is 0. The molecule has 0 fully saturated rings. The van der Waals surface area contributed by atoms with Crippen LogP contribution in [0.3, 0.4) is 0 Å². The van der Waals surface area contributed by atoms with Gasteiger partial charge in [-0.05, 0) is 38.5 Å². The summed E-state index contributed by atoms with van der Waals surface area (Å²) in [6, 6.07) is 0. The zero-order valence-corrected chi connectivity index (χ0v) is 9.67. The highest BCUT2D eigenvalue weighted by Crippen LogP contribution is 2.15. The molecule has 0 aliphatic carbocycles. The molecule has 0 spiro atoms. The molecule has 2 atom stereocenters. The minimum absolute atomic E-state index is 0.131. The second kappa shape index (κ2) is 6.20. The van der Waals surface area contributed by atoms with Gasteiger partial charge < -0.3 is 5.11 Å². The van der Waals surface area contributed by atoms with Crippen molar-refractivity contribution < 1.29 is 5.11 Å². The molecule has 0 heterocycles. The van der Waals surface area contributed by atoms with Gasteiger partial charge in [0.05, 0.1) is 6.10 Å². The van der Waals surface area contributed by atoms with E-state index in [1.54, 1.807) is 0 Å². The van der Waals surface area contributed by atoms with Crippen molar-refractivity contribution in [2.45, 2.75) is 53.6 Å². The highest BCUT2D eigenvalue weighted by molar-refractivity contribution is 4.96. The second-order valence-corrected chi connectivity index (χ2v) is 4.61. The number of rotatable bonds is 5. The quantitative estimate of drug-likeness (QED) is 0.649. The topological polar surface area (TPSA) is 20.2 Å². The number of allylic oxidation sites excluding steroid dienone is 2. The summed E-state index contributed by atoms with van der Waals surface area (Å²) in [5.74, 6) is 0.984. The van der Waals surface area contributed by atoms with Gasteiger partial charge in [-0.25, -0.2) is 0 Å². The molecule has 13 heavy (non-hydrogen) atoms. The van der Waals surface area contributed by atoms with Crippen molar-refractivity contribution in [1.29, 1.82) is 0 Å². The first-order valence-electron chi connectivity index (χ1n) is 5.26. The summed E-state index contributed by atoms with van der Waals surface area (Å²) in [6.45, 7) is 10.6. The Labute approximate surface area is 82.9 Å². The van der Waals surface area contributed by atoms with Crippen LogP contribution in [-0.4, -0.2) is 11.2 Å². The molecular weight excluding hydrogens is 160 g/mol. The van der Waals surface area contributed by atoms with Gasteiger partial charge in [-0.2, -0.15) is 0 Å². The van der Waals surface area contributed by atoms with E-state index in [1.807, 2.05) is 0 Å². The van der Waals surface area contributed by atoms with E-state index in [1.165, 1.54) is 5.57 Å². The lowest BCUT2D eigenvalue weighted by molar-refractivity contribution is 0.111. The Hall–Kier alpha value is -0.300. The van der Waals surface area contributed by atoms with Crippen LogP contribution >= 0.6 is 0 Å². The molecule has 0 aliphatic rings. The molecule has 1 heteroatoms. The number of aliphatic hydroxyl groups is 1. The maximum absolute atomic E-state index is 9.59. The summed E-state index contributed by atoms with van der Waals surface area (Å²) in [5.41, 5.74) is 1.37. The third-order valence-corrected chi connectivity index (χ3v) is 2.31. The zero-order valence-electron chi connectivity index (χ0n) is 9.67. The molecule has 0 aromatic carbocycles. The number of aliphatic hydroxyl groups excluding tert-OH is 1. The third-order valence-electron chi connectivity index (χ3n) is 2.31. The van der Waals surface area contributed by atoms with Crippen LogP contribution in [0.2, 0.25) is 0 Å². The molecule has 0 unspecified atom stereocenters. The highest BCUT2D eigenvalue weighted by atomic mass is 16.3. The highest BCUT2D eigenvalue weighted by Gasteiger charge is 2.09. The molecule has 0 radical (unpaired) electrons. The smallest absolute Gasteiger partial charge is 0.0563 e. The van der Waals surface area contributed by atoms with Gasteiger partial charge in [-0.3, -0.25) is 0 Å². The fourth-order valence-corrected chi connectivity index (χ4v) is 1.42. The SMILES string of the molecule is CC(C)=C[C@H](C)CC[C@H](O)C(C)C. The van der Waals surface area contributed by atoms with E-state index in [-0.39, 0.29) is 6.10 Å². The van der Waals surface area contributed by atoms with E-state index in [0.717, 1.165) is 12.8 Å². The standard InChI is InChI=1S/C12H24O/c1-9(2)8-11(5)6-7-12(13)10(3)4/h8,10-13H,6-7H2,1-5H3/t11-,12+/m1/s1. The van der Waals surface area contributed by atoms with Crippen molar-refractivity contribution in [3.8, 4) is 0 Å². The normalized spacial score (nSPS) is 15.6. The Bertz CT molecular complexity index is 155. The Morgan fingerprint density at radius 3 is 2.08 bits per heavy atom. The Morgan fingerprint density at radius 1 is 1.15 bits per heavy atom. The van der Waals surface area contributed by atoms with E-state index >= 15 is 0 Å². The largest absolute Gasteiger partial charge is 0.393 e. The minimum Gasteiger partial charge on any atom is -0.393 e. The fraction of sp³-hybridized carbons (Fsp3) is 0.833. The minimum atomic E-state index is -0.131. The van der Waals surface area contributed by atoms with Crippen LogP contribution in [0.5, 0.6) is 0 Å². The van der Waals surface area contributed by atoms with E-state index in [9.17, 15) is 5.11 Å². The van der Waals surface area contributed by atoms with Gasteiger partial charge in [0.25, 0.3) is 0 Å². The van der Waals surface area contributed by atoms with Gasteiger partial charge in [0, 0.05) is 0 Å². The summed E-state index contributed by atoms with van der Waals surface area (Å²) in [4.78, 5) is 0. The summed E-state index contributed by atoms with van der Waals surface area (Å²) < 4.78 is 0. The fourth-order valence-electron chi connectivity index (χ4n) is 1.42. The Morgan fingerprint density at radius 2 is 1.69 bits per heavy atom. The lowest BCUT2D eigenvalue weighted by atomic mass is 9.96. The lowest BCUT2D eigenvalue weighted by Gasteiger charge is -2.15. The molecule has 0 saturated heterocycles. The average molecular weight is 184 g/mol. The number of hydrogen-bond donors (Lipinski definition) is 1. The molecule has 0 aromatic rings. The molecular formula is C12H24O. The molecule has 0 aliphatic heterocycles. The van der Waals surface area contributed by atoms with Crippen molar-refractivity contribution in [3.05, 3.63) is 11.6 Å². The van der Waals surface area contributed by atoms with Crippen molar-refractivity contribution in [3.63, 3.8) is 0 Å². The molecule has 1 nitrogen and oxygen atoms in total. The van der Waals surface area contributed by atoms with Crippen LogP contribution < -0.4 is 0 Å². The molecule has 0 amide bonds. The lowest BCUT2D eigenvalue weighted by Crippen LogP contribution is -2.15. The first-order valence-corrected chi connectivity index (χ1v) is 5.26. The Kier molecular flexibility index (Phi) is 6.06. The monoisotopic (exact) mass is 184 g/mol. The van der Waals surface area contributed by atoms with Gasteiger partial charge in [0.2, 0.25) is 0 Å². The van der Waals surface area contributed by atoms with Crippen LogP contribution in [0, 0.1) is 11.8 Å². The predicted octanol–water partition coefficient (Wildman–Crippen LogP) is 3.39. The van der Waals surface area contributed by atoms with Gasteiger partial charge in [-0.1, -0.05) is 32.4 Å². The van der Waals surface area contributed by atoms with E-state index < -0.39 is 0 Å². The molecule has 0 bridgehead atoms. The molecule has 0 aromatic heterocycles. The van der Waals surface area contributed by atoms with E-state index in [4.69, 9.17) is 0 Å². The molecule has 1 N–H and O–H groups in total. The van der Waals surface area contributed by atoms with Crippen LogP contribution in [0.4, 0.5) is 0 Å². The predicted molar refractivity (Wildman–Crippen MR) is 58.7 cm³/mol. The van der Waals surface area contributed by atoms with Crippen LogP contribution in [0.1, 0.15) is 47.5 Å². The van der Waals surface area contributed by atoms with Gasteiger partial charge >= 0.3 is 0 Å². The average Bonchev–Trinajstić information content (AvgIpc) is 1.98. The first kappa shape index (κ1) is 12.7. The van der Waals surface area contributed by atoms with Crippen LogP contribution in [0.15, 0.2) is 11.6 Å². The summed E-state index contributed by atoms with van der Waals surface area (Å²) >= 11 is 0. The van der Waals surface area contributed by atoms with Gasteiger partial charge in [-0.15, -0.1) is 0 Å². The third kappa shape index (κ3) is 6.83. The van der Waals surface area contributed by atoms with Crippen LogP contribution in [-0.2, 0) is 0 Å². The first-order chi connectivity index (χ1) is 5.93. The van der Waals surface area contributed by atoms with Crippen molar-refractivity contribution in [2.75, 3.05) is 0 Å². The van der Waals surface area contributed by atoms with E-state index in [2.05, 4.69) is 40.7 Å². The maximum Gasteiger partial charge on any atom is 0.0563 e. The van der Waals surface area contributed by atoms with Crippen LogP contribution in [0.25, 0.3) is 0 Å².